The van der Waals surface area contributed by atoms with Gasteiger partial charge in [0.2, 0.25) is 0 Å². The number of aryl methyl sites for hydroxylation is 1. The molecule has 1 heterocycles. The molecule has 0 amide bonds. The van der Waals surface area contributed by atoms with Gasteiger partial charge in [-0.25, -0.2) is 0 Å². The van der Waals surface area contributed by atoms with E-state index in [9.17, 15) is 13.2 Å². The molecule has 17 heavy (non-hydrogen) atoms. The number of nitrogens with zero attached hydrogens (tertiary/aromatic N) is 1. The summed E-state index contributed by atoms with van der Waals surface area (Å²) in [6.07, 6.45) is -1.01. The van der Waals surface area contributed by atoms with Crippen LogP contribution in [0.5, 0.6) is 0 Å². The minimum Gasteiger partial charge on any atom is -0.372 e. The van der Waals surface area contributed by atoms with Gasteiger partial charge in [-0.15, -0.1) is 0 Å². The Balaban J connectivity index is 2.20. The minimum atomic E-state index is -4.24. The van der Waals surface area contributed by atoms with Crippen molar-refractivity contribution < 1.29 is 17.9 Å². The summed E-state index contributed by atoms with van der Waals surface area (Å²) in [5, 5.41) is 0. The molecule has 0 fully saturated rings. The van der Waals surface area contributed by atoms with Crippen molar-refractivity contribution in [3.05, 3.63) is 24.0 Å². The topological polar surface area (TPSA) is 40.2 Å². The van der Waals surface area contributed by atoms with Gasteiger partial charge < -0.3 is 15.0 Å². The zero-order valence-electron chi connectivity index (χ0n) is 9.54. The van der Waals surface area contributed by atoms with E-state index in [-0.39, 0.29) is 6.61 Å². The molecule has 0 spiro atoms. The third kappa shape index (κ3) is 5.74. The Morgan fingerprint density at radius 2 is 2.12 bits per heavy atom. The minimum absolute atomic E-state index is 0.111. The molecule has 1 aromatic rings. The van der Waals surface area contributed by atoms with E-state index in [1.54, 1.807) is 0 Å². The Labute approximate surface area is 98.4 Å². The summed E-state index contributed by atoms with van der Waals surface area (Å²) in [7, 11) is 0. The van der Waals surface area contributed by atoms with E-state index in [2.05, 4.69) is 4.74 Å². The lowest BCUT2D eigenvalue weighted by Gasteiger charge is -2.10. The maximum atomic E-state index is 11.8. The predicted octanol–water partition coefficient (Wildman–Crippen LogP) is 1.96. The summed E-state index contributed by atoms with van der Waals surface area (Å²) in [6.45, 7) is 0.156. The van der Waals surface area contributed by atoms with Gasteiger partial charge in [-0.2, -0.15) is 13.2 Å². The zero-order chi connectivity index (χ0) is 12.7. The quantitative estimate of drug-likeness (QED) is 0.751. The van der Waals surface area contributed by atoms with Crippen molar-refractivity contribution in [3.8, 4) is 0 Å². The molecule has 1 aromatic heterocycles. The summed E-state index contributed by atoms with van der Waals surface area (Å²) < 4.78 is 41.9. The maximum Gasteiger partial charge on any atom is 0.411 e. The molecule has 0 saturated heterocycles. The molecule has 0 aliphatic carbocycles. The van der Waals surface area contributed by atoms with Crippen molar-refractivity contribution in [1.29, 1.82) is 0 Å². The van der Waals surface area contributed by atoms with E-state index in [0.29, 0.717) is 19.5 Å². The van der Waals surface area contributed by atoms with Gasteiger partial charge in [-0.05, 0) is 31.5 Å². The summed E-state index contributed by atoms with van der Waals surface area (Å²) in [5.41, 5.74) is 6.55. The average Bonchev–Trinajstić information content (AvgIpc) is 2.64. The molecule has 0 atom stereocenters. The number of rotatable bonds is 7. The fraction of sp³-hybridized carbons (Fsp3) is 0.636. The van der Waals surface area contributed by atoms with E-state index in [1.807, 2.05) is 22.9 Å². The molecule has 0 aliphatic heterocycles. The van der Waals surface area contributed by atoms with E-state index >= 15 is 0 Å². The second-order valence-corrected chi connectivity index (χ2v) is 3.75. The lowest BCUT2D eigenvalue weighted by Crippen LogP contribution is -2.18. The number of alkyl halides is 3. The van der Waals surface area contributed by atoms with Crippen LogP contribution in [0.1, 0.15) is 12.1 Å². The average molecular weight is 250 g/mol. The second kappa shape index (κ2) is 6.66. The molecule has 0 aliphatic rings. The van der Waals surface area contributed by atoms with Crippen molar-refractivity contribution in [2.75, 3.05) is 19.8 Å². The number of ether oxygens (including phenoxy) is 1. The number of nitrogens with two attached hydrogens (primary N) is 1. The van der Waals surface area contributed by atoms with Gasteiger partial charge in [-0.3, -0.25) is 0 Å². The van der Waals surface area contributed by atoms with Gasteiger partial charge >= 0.3 is 6.18 Å². The van der Waals surface area contributed by atoms with Crippen LogP contribution in [0.4, 0.5) is 13.2 Å². The number of hydrogen-bond donors (Lipinski definition) is 1. The van der Waals surface area contributed by atoms with Crippen LogP contribution < -0.4 is 5.73 Å². The molecule has 98 valence electrons. The van der Waals surface area contributed by atoms with Crippen molar-refractivity contribution in [2.45, 2.75) is 25.6 Å². The van der Waals surface area contributed by atoms with Gasteiger partial charge in [0.1, 0.15) is 6.61 Å². The smallest absolute Gasteiger partial charge is 0.372 e. The third-order valence-corrected chi connectivity index (χ3v) is 2.28. The van der Waals surface area contributed by atoms with Crippen LogP contribution in [0.15, 0.2) is 18.3 Å². The Morgan fingerprint density at radius 3 is 2.76 bits per heavy atom. The van der Waals surface area contributed by atoms with Crippen LogP contribution in [0.25, 0.3) is 0 Å². The molecule has 3 nitrogen and oxygen atoms in total. The molecule has 0 aromatic carbocycles. The Hall–Kier alpha value is -1.01. The van der Waals surface area contributed by atoms with Crippen LogP contribution in [0, 0.1) is 0 Å². The van der Waals surface area contributed by atoms with Crippen molar-refractivity contribution in [1.82, 2.24) is 4.57 Å². The Morgan fingerprint density at radius 1 is 1.35 bits per heavy atom. The van der Waals surface area contributed by atoms with Crippen molar-refractivity contribution in [2.24, 2.45) is 5.73 Å². The van der Waals surface area contributed by atoms with Crippen LogP contribution in [-0.2, 0) is 17.7 Å². The molecular formula is C11H17F3N2O. The largest absolute Gasteiger partial charge is 0.411 e. The molecule has 0 radical (unpaired) electrons. The highest BCUT2D eigenvalue weighted by Crippen LogP contribution is 2.14. The van der Waals surface area contributed by atoms with Crippen molar-refractivity contribution in [3.63, 3.8) is 0 Å². The van der Waals surface area contributed by atoms with Crippen LogP contribution in [0.2, 0.25) is 0 Å². The molecule has 6 heteroatoms. The van der Waals surface area contributed by atoms with Gasteiger partial charge in [-0.1, -0.05) is 0 Å². The predicted molar refractivity (Wildman–Crippen MR) is 58.7 cm³/mol. The van der Waals surface area contributed by atoms with E-state index in [1.165, 1.54) is 0 Å². The number of aromatic nitrogens is 1. The van der Waals surface area contributed by atoms with Crippen LogP contribution >= 0.6 is 0 Å². The summed E-state index contributed by atoms with van der Waals surface area (Å²) >= 11 is 0. The fourth-order valence-corrected chi connectivity index (χ4v) is 1.57. The maximum absolute atomic E-state index is 11.8. The highest BCUT2D eigenvalue weighted by molar-refractivity contribution is 5.07. The number of hydrogen-bond acceptors (Lipinski definition) is 2. The van der Waals surface area contributed by atoms with Crippen molar-refractivity contribution >= 4 is 0 Å². The van der Waals surface area contributed by atoms with Crippen LogP contribution in [-0.4, -0.2) is 30.5 Å². The highest BCUT2D eigenvalue weighted by atomic mass is 19.4. The number of halogens is 3. The standard InChI is InChI=1S/C11H17F3N2O/c12-11(13,14)9-17-8-2-7-16-6-1-3-10(16)4-5-15/h1,3,6H,2,4-5,7-9,15H2. The van der Waals surface area contributed by atoms with Gasteiger partial charge in [0, 0.05) is 25.0 Å². The monoisotopic (exact) mass is 250 g/mol. The van der Waals surface area contributed by atoms with E-state index < -0.39 is 12.8 Å². The summed E-state index contributed by atoms with van der Waals surface area (Å²) in [4.78, 5) is 0. The summed E-state index contributed by atoms with van der Waals surface area (Å²) in [6, 6.07) is 3.87. The Kier molecular flexibility index (Phi) is 5.50. The molecule has 0 saturated carbocycles. The molecule has 1 rings (SSSR count). The SMILES string of the molecule is NCCc1cccn1CCCOCC(F)(F)F. The van der Waals surface area contributed by atoms with Gasteiger partial charge in [0.15, 0.2) is 0 Å². The normalized spacial score (nSPS) is 12.0. The first-order valence-corrected chi connectivity index (χ1v) is 5.51. The first kappa shape index (κ1) is 14.1. The zero-order valence-corrected chi connectivity index (χ0v) is 9.54. The fourth-order valence-electron chi connectivity index (χ4n) is 1.57. The van der Waals surface area contributed by atoms with E-state index in [4.69, 9.17) is 5.73 Å². The first-order valence-electron chi connectivity index (χ1n) is 5.51. The van der Waals surface area contributed by atoms with E-state index in [0.717, 1.165) is 12.1 Å². The lowest BCUT2D eigenvalue weighted by atomic mass is 10.3. The Bertz CT molecular complexity index is 323. The third-order valence-electron chi connectivity index (χ3n) is 2.28. The molecule has 2 N–H and O–H groups in total. The molecule has 0 unspecified atom stereocenters. The van der Waals surface area contributed by atoms with Gasteiger partial charge in [0.05, 0.1) is 0 Å². The lowest BCUT2D eigenvalue weighted by molar-refractivity contribution is -0.174. The second-order valence-electron chi connectivity index (χ2n) is 3.75. The van der Waals surface area contributed by atoms with Gasteiger partial charge in [0.25, 0.3) is 0 Å². The first-order chi connectivity index (χ1) is 8.03. The highest BCUT2D eigenvalue weighted by Gasteiger charge is 2.27. The molecular weight excluding hydrogens is 233 g/mol. The summed E-state index contributed by atoms with van der Waals surface area (Å²) in [5.74, 6) is 0. The van der Waals surface area contributed by atoms with Crippen LogP contribution in [0.3, 0.4) is 0 Å². The molecule has 0 bridgehead atoms.